The normalized spacial score (nSPS) is 20.1. The van der Waals surface area contributed by atoms with E-state index in [1.807, 2.05) is 0 Å². The second-order valence-electron chi connectivity index (χ2n) is 5.11. The van der Waals surface area contributed by atoms with E-state index in [9.17, 15) is 9.59 Å². The lowest BCUT2D eigenvalue weighted by atomic mass is 10.0. The number of amides is 1. The van der Waals surface area contributed by atoms with Gasteiger partial charge >= 0.3 is 5.97 Å². The Morgan fingerprint density at radius 2 is 2.30 bits per heavy atom. The highest BCUT2D eigenvalue weighted by molar-refractivity contribution is 7.09. The second-order valence-corrected chi connectivity index (χ2v) is 6.00. The number of carboxylic acid groups (broad SMARTS) is 1. The smallest absolute Gasteiger partial charge is 0.326 e. The van der Waals surface area contributed by atoms with Crippen molar-refractivity contribution in [1.82, 2.24) is 10.3 Å². The predicted molar refractivity (Wildman–Crippen MR) is 73.8 cm³/mol. The number of carboxylic acids is 1. The molecule has 1 aliphatic heterocycles. The number of hydrogen-bond acceptors (Lipinski definition) is 5. The van der Waals surface area contributed by atoms with Gasteiger partial charge in [-0.3, -0.25) is 4.79 Å². The second kappa shape index (κ2) is 6.32. The molecule has 0 radical (unpaired) electrons. The number of aromatic nitrogens is 1. The maximum atomic E-state index is 12.0. The molecule has 2 heterocycles. The lowest BCUT2D eigenvalue weighted by molar-refractivity contribution is -0.140. The third kappa shape index (κ3) is 3.34. The molecule has 2 atom stereocenters. The molecule has 1 unspecified atom stereocenters. The SMILES string of the molecule is CC(C)[C@H](NC(=O)c1csc(C2CCCO2)n1)C(=O)O. The standard InChI is InChI=1S/C13H18N2O4S/c1-7(2)10(13(17)18)15-11(16)8-6-20-12(14-8)9-4-3-5-19-9/h6-7,9-10H,3-5H2,1-2H3,(H,15,16)(H,17,18)/t9?,10-/m0/s1. The molecule has 2 rings (SSSR count). The Hall–Kier alpha value is -1.47. The molecule has 1 saturated heterocycles. The Morgan fingerprint density at radius 1 is 1.55 bits per heavy atom. The molecular formula is C13H18N2O4S. The largest absolute Gasteiger partial charge is 0.480 e. The zero-order valence-electron chi connectivity index (χ0n) is 11.5. The van der Waals surface area contributed by atoms with Gasteiger partial charge in [-0.05, 0) is 18.8 Å². The van der Waals surface area contributed by atoms with E-state index in [2.05, 4.69) is 10.3 Å². The summed E-state index contributed by atoms with van der Waals surface area (Å²) >= 11 is 1.37. The molecular weight excluding hydrogens is 280 g/mol. The Labute approximate surface area is 121 Å². The lowest BCUT2D eigenvalue weighted by Gasteiger charge is -2.17. The summed E-state index contributed by atoms with van der Waals surface area (Å²) in [4.78, 5) is 27.3. The van der Waals surface area contributed by atoms with Gasteiger partial charge in [0.2, 0.25) is 0 Å². The van der Waals surface area contributed by atoms with Gasteiger partial charge in [0.1, 0.15) is 22.8 Å². The lowest BCUT2D eigenvalue weighted by Crippen LogP contribution is -2.44. The van der Waals surface area contributed by atoms with Crippen molar-refractivity contribution in [3.8, 4) is 0 Å². The molecule has 1 aromatic heterocycles. The van der Waals surface area contributed by atoms with Crippen LogP contribution in [0.1, 0.15) is 48.3 Å². The highest BCUT2D eigenvalue weighted by Crippen LogP contribution is 2.30. The first kappa shape index (κ1) is 14.9. The summed E-state index contributed by atoms with van der Waals surface area (Å²) in [6.45, 7) is 4.22. The Morgan fingerprint density at radius 3 is 2.85 bits per heavy atom. The van der Waals surface area contributed by atoms with E-state index < -0.39 is 17.9 Å². The fourth-order valence-electron chi connectivity index (χ4n) is 2.04. The number of ether oxygens (including phenoxy) is 1. The van der Waals surface area contributed by atoms with Crippen LogP contribution in [0.5, 0.6) is 0 Å². The van der Waals surface area contributed by atoms with Gasteiger partial charge in [0.25, 0.3) is 5.91 Å². The quantitative estimate of drug-likeness (QED) is 0.866. The van der Waals surface area contributed by atoms with Gasteiger partial charge in [-0.2, -0.15) is 0 Å². The van der Waals surface area contributed by atoms with Crippen molar-refractivity contribution in [3.05, 3.63) is 16.1 Å². The maximum Gasteiger partial charge on any atom is 0.326 e. The molecule has 6 nitrogen and oxygen atoms in total. The molecule has 1 amide bonds. The minimum Gasteiger partial charge on any atom is -0.480 e. The van der Waals surface area contributed by atoms with E-state index in [1.54, 1.807) is 19.2 Å². The summed E-state index contributed by atoms with van der Waals surface area (Å²) in [5.74, 6) is -1.68. The summed E-state index contributed by atoms with van der Waals surface area (Å²) in [5, 5.41) is 14.0. The highest BCUT2D eigenvalue weighted by atomic mass is 32.1. The molecule has 1 aromatic rings. The summed E-state index contributed by atoms with van der Waals surface area (Å²) < 4.78 is 5.51. The maximum absolute atomic E-state index is 12.0. The van der Waals surface area contributed by atoms with Gasteiger partial charge in [0.15, 0.2) is 0 Å². The molecule has 1 aliphatic rings. The number of nitrogens with zero attached hydrogens (tertiary/aromatic N) is 1. The van der Waals surface area contributed by atoms with E-state index in [0.717, 1.165) is 24.5 Å². The van der Waals surface area contributed by atoms with Crippen LogP contribution in [0, 0.1) is 5.92 Å². The molecule has 1 fully saturated rings. The van der Waals surface area contributed by atoms with Gasteiger partial charge < -0.3 is 15.2 Å². The molecule has 0 spiro atoms. The molecule has 20 heavy (non-hydrogen) atoms. The summed E-state index contributed by atoms with van der Waals surface area (Å²) in [6, 6.07) is -0.907. The Balaban J connectivity index is 2.03. The highest BCUT2D eigenvalue weighted by Gasteiger charge is 2.26. The van der Waals surface area contributed by atoms with Crippen molar-refractivity contribution in [3.63, 3.8) is 0 Å². The number of carbonyl (C=O) groups excluding carboxylic acids is 1. The molecule has 0 aliphatic carbocycles. The predicted octanol–water partition coefficient (Wildman–Crippen LogP) is 1.83. The third-order valence-corrected chi connectivity index (χ3v) is 4.12. The van der Waals surface area contributed by atoms with Crippen LogP contribution in [0.25, 0.3) is 0 Å². The minimum absolute atomic E-state index is 0.0260. The number of carbonyl (C=O) groups is 2. The first-order valence-corrected chi connectivity index (χ1v) is 7.47. The number of aliphatic carboxylic acids is 1. The van der Waals surface area contributed by atoms with E-state index in [4.69, 9.17) is 9.84 Å². The Bertz CT molecular complexity index is 494. The topological polar surface area (TPSA) is 88.5 Å². The first-order chi connectivity index (χ1) is 9.49. The van der Waals surface area contributed by atoms with Crippen LogP contribution in [-0.4, -0.2) is 34.6 Å². The molecule has 110 valence electrons. The Kier molecular flexibility index (Phi) is 4.72. The molecule has 0 saturated carbocycles. The van der Waals surface area contributed by atoms with E-state index in [0.29, 0.717) is 0 Å². The van der Waals surface area contributed by atoms with Crippen LogP contribution in [0.15, 0.2) is 5.38 Å². The van der Waals surface area contributed by atoms with Crippen molar-refractivity contribution >= 4 is 23.2 Å². The van der Waals surface area contributed by atoms with E-state index in [1.165, 1.54) is 11.3 Å². The van der Waals surface area contributed by atoms with Crippen molar-refractivity contribution < 1.29 is 19.4 Å². The zero-order valence-corrected chi connectivity index (χ0v) is 12.3. The summed E-state index contributed by atoms with van der Waals surface area (Å²) in [5.41, 5.74) is 0.257. The first-order valence-electron chi connectivity index (χ1n) is 6.59. The number of thiazole rings is 1. The fraction of sp³-hybridized carbons (Fsp3) is 0.615. The molecule has 2 N–H and O–H groups in total. The van der Waals surface area contributed by atoms with Crippen LogP contribution < -0.4 is 5.32 Å². The van der Waals surface area contributed by atoms with Gasteiger partial charge in [-0.25, -0.2) is 9.78 Å². The van der Waals surface area contributed by atoms with Crippen LogP contribution in [0.3, 0.4) is 0 Å². The third-order valence-electron chi connectivity index (χ3n) is 3.18. The average Bonchev–Trinajstić information content (AvgIpc) is 3.04. The monoisotopic (exact) mass is 298 g/mol. The van der Waals surface area contributed by atoms with Crippen molar-refractivity contribution in [2.24, 2.45) is 5.92 Å². The van der Waals surface area contributed by atoms with Crippen molar-refractivity contribution in [2.45, 2.75) is 38.8 Å². The van der Waals surface area contributed by atoms with Gasteiger partial charge in [-0.15, -0.1) is 11.3 Å². The van der Waals surface area contributed by atoms with E-state index in [-0.39, 0.29) is 17.7 Å². The van der Waals surface area contributed by atoms with E-state index >= 15 is 0 Å². The van der Waals surface area contributed by atoms with Crippen molar-refractivity contribution in [1.29, 1.82) is 0 Å². The van der Waals surface area contributed by atoms with Gasteiger partial charge in [0, 0.05) is 12.0 Å². The number of rotatable bonds is 5. The molecule has 0 bridgehead atoms. The fourth-order valence-corrected chi connectivity index (χ4v) is 2.92. The zero-order chi connectivity index (χ0) is 14.7. The minimum atomic E-state index is -1.04. The number of hydrogen-bond donors (Lipinski definition) is 2. The number of nitrogens with one attached hydrogen (secondary N) is 1. The van der Waals surface area contributed by atoms with Crippen LogP contribution in [0.4, 0.5) is 0 Å². The molecule has 0 aromatic carbocycles. The van der Waals surface area contributed by atoms with Crippen LogP contribution in [0.2, 0.25) is 0 Å². The van der Waals surface area contributed by atoms with Crippen LogP contribution >= 0.6 is 11.3 Å². The van der Waals surface area contributed by atoms with Gasteiger partial charge in [0.05, 0.1) is 0 Å². The van der Waals surface area contributed by atoms with Gasteiger partial charge in [-0.1, -0.05) is 13.8 Å². The molecule has 7 heteroatoms. The summed E-state index contributed by atoms with van der Waals surface area (Å²) in [6.07, 6.45) is 1.89. The average molecular weight is 298 g/mol. The summed E-state index contributed by atoms with van der Waals surface area (Å²) in [7, 11) is 0. The van der Waals surface area contributed by atoms with Crippen LogP contribution in [-0.2, 0) is 9.53 Å². The van der Waals surface area contributed by atoms with Crippen molar-refractivity contribution in [2.75, 3.05) is 6.61 Å².